The smallest absolute Gasteiger partial charge is 0.173 e. The van der Waals surface area contributed by atoms with E-state index in [1.165, 1.54) is 12.1 Å². The lowest BCUT2D eigenvalue weighted by atomic mass is 10.2. The molecule has 2 aromatic carbocycles. The maximum atomic E-state index is 13.3. The summed E-state index contributed by atoms with van der Waals surface area (Å²) in [5, 5.41) is 11.8. The minimum Gasteiger partial charge on any atom is -0.488 e. The molecule has 3 N–H and O–H groups in total. The van der Waals surface area contributed by atoms with Crippen LogP contribution in [0, 0.1) is 5.82 Å². The fraction of sp³-hybridized carbons (Fsp3) is 0.0714. The van der Waals surface area contributed by atoms with E-state index in [2.05, 4.69) is 37.0 Å². The van der Waals surface area contributed by atoms with E-state index >= 15 is 0 Å². The molecule has 0 aliphatic carbocycles. The summed E-state index contributed by atoms with van der Waals surface area (Å²) in [4.78, 5) is 0. The third-order valence-corrected chi connectivity index (χ3v) is 3.59. The Hall–Kier alpha value is -1.60. The Labute approximate surface area is 137 Å². The second-order valence-electron chi connectivity index (χ2n) is 4.19. The van der Waals surface area contributed by atoms with Gasteiger partial charge in [0, 0.05) is 8.95 Å². The van der Waals surface area contributed by atoms with E-state index in [1.54, 1.807) is 24.3 Å². The van der Waals surface area contributed by atoms with Crippen LogP contribution in [0.3, 0.4) is 0 Å². The SMILES string of the molecule is N/C(=N/O)c1cc(Br)ccc1OCc1cc(F)cc(Br)c1. The molecule has 0 unspecified atom stereocenters. The minimum atomic E-state index is -0.351. The van der Waals surface area contributed by atoms with Gasteiger partial charge in [0.2, 0.25) is 0 Å². The van der Waals surface area contributed by atoms with Crippen LogP contribution in [0.25, 0.3) is 0 Å². The number of hydrogen-bond acceptors (Lipinski definition) is 3. The molecule has 0 radical (unpaired) electrons. The average molecular weight is 418 g/mol. The molecule has 0 amide bonds. The summed E-state index contributed by atoms with van der Waals surface area (Å²) in [6.45, 7) is 0.156. The Morgan fingerprint density at radius 3 is 2.62 bits per heavy atom. The summed E-state index contributed by atoms with van der Waals surface area (Å²) in [6, 6.07) is 9.63. The topological polar surface area (TPSA) is 67.8 Å². The van der Waals surface area contributed by atoms with Crippen molar-refractivity contribution in [2.24, 2.45) is 10.9 Å². The van der Waals surface area contributed by atoms with Gasteiger partial charge in [0.15, 0.2) is 5.84 Å². The lowest BCUT2D eigenvalue weighted by molar-refractivity contribution is 0.302. The Balaban J connectivity index is 2.23. The summed E-state index contributed by atoms with van der Waals surface area (Å²) in [7, 11) is 0. The quantitative estimate of drug-likeness (QED) is 0.341. The van der Waals surface area contributed by atoms with E-state index in [9.17, 15) is 4.39 Å². The third kappa shape index (κ3) is 4.18. The zero-order valence-electron chi connectivity index (χ0n) is 10.7. The van der Waals surface area contributed by atoms with Gasteiger partial charge in [0.05, 0.1) is 5.56 Å². The third-order valence-electron chi connectivity index (χ3n) is 2.64. The van der Waals surface area contributed by atoms with E-state index in [1.807, 2.05) is 0 Å². The van der Waals surface area contributed by atoms with E-state index in [0.29, 0.717) is 21.3 Å². The number of hydrogen-bond donors (Lipinski definition) is 2. The molecule has 110 valence electrons. The number of amidine groups is 1. The molecule has 0 aliphatic heterocycles. The molecule has 0 atom stereocenters. The maximum absolute atomic E-state index is 13.3. The second-order valence-corrected chi connectivity index (χ2v) is 6.02. The summed E-state index contributed by atoms with van der Waals surface area (Å²) in [6.07, 6.45) is 0. The Kier molecular flexibility index (Phi) is 5.19. The van der Waals surface area contributed by atoms with Gasteiger partial charge in [0.1, 0.15) is 18.2 Å². The minimum absolute atomic E-state index is 0.0632. The van der Waals surface area contributed by atoms with Crippen LogP contribution in [0.5, 0.6) is 5.75 Å². The van der Waals surface area contributed by atoms with Crippen LogP contribution in [0.1, 0.15) is 11.1 Å². The molecule has 0 saturated carbocycles. The summed E-state index contributed by atoms with van der Waals surface area (Å²) < 4.78 is 20.3. The van der Waals surface area contributed by atoms with Gasteiger partial charge in [-0.2, -0.15) is 0 Å². The number of benzene rings is 2. The van der Waals surface area contributed by atoms with Gasteiger partial charge in [-0.25, -0.2) is 4.39 Å². The van der Waals surface area contributed by atoms with Crippen LogP contribution in [0.2, 0.25) is 0 Å². The molecular formula is C14H11Br2FN2O2. The number of nitrogens with two attached hydrogens (primary N) is 1. The van der Waals surface area contributed by atoms with Crippen molar-refractivity contribution in [3.05, 3.63) is 62.3 Å². The standard InChI is InChI=1S/C14H11Br2FN2O2/c15-9-1-2-13(12(6-9)14(18)19-20)21-7-8-3-10(16)5-11(17)4-8/h1-6,20H,7H2,(H2,18,19). The Bertz CT molecular complexity index is 672. The highest BCUT2D eigenvalue weighted by Gasteiger charge is 2.10. The maximum Gasteiger partial charge on any atom is 0.173 e. The summed E-state index contributed by atoms with van der Waals surface area (Å²) >= 11 is 6.53. The van der Waals surface area contributed by atoms with Crippen molar-refractivity contribution < 1.29 is 14.3 Å². The lowest BCUT2D eigenvalue weighted by Crippen LogP contribution is -2.15. The van der Waals surface area contributed by atoms with Crippen LogP contribution < -0.4 is 10.5 Å². The van der Waals surface area contributed by atoms with Crippen molar-refractivity contribution in [2.75, 3.05) is 0 Å². The molecule has 0 heterocycles. The first-order valence-corrected chi connectivity index (χ1v) is 7.43. The molecule has 7 heteroatoms. The van der Waals surface area contributed by atoms with Crippen LogP contribution in [-0.4, -0.2) is 11.0 Å². The largest absolute Gasteiger partial charge is 0.488 e. The number of halogens is 3. The normalized spacial score (nSPS) is 11.5. The molecule has 0 spiro atoms. The Morgan fingerprint density at radius 2 is 1.95 bits per heavy atom. The molecule has 4 nitrogen and oxygen atoms in total. The summed E-state index contributed by atoms with van der Waals surface area (Å²) in [5.74, 6) is 0.0241. The molecule has 2 aromatic rings. The van der Waals surface area contributed by atoms with Crippen molar-refractivity contribution in [2.45, 2.75) is 6.61 Å². The van der Waals surface area contributed by atoms with E-state index in [0.717, 1.165) is 4.47 Å². The molecule has 0 aliphatic rings. The van der Waals surface area contributed by atoms with Crippen LogP contribution in [-0.2, 0) is 6.61 Å². The van der Waals surface area contributed by atoms with Gasteiger partial charge < -0.3 is 15.7 Å². The van der Waals surface area contributed by atoms with Gasteiger partial charge in [-0.05, 0) is 42.0 Å². The lowest BCUT2D eigenvalue weighted by Gasteiger charge is -2.11. The fourth-order valence-corrected chi connectivity index (χ4v) is 2.61. The van der Waals surface area contributed by atoms with Gasteiger partial charge in [-0.15, -0.1) is 0 Å². The van der Waals surface area contributed by atoms with Gasteiger partial charge in [0.25, 0.3) is 0 Å². The zero-order chi connectivity index (χ0) is 15.4. The molecule has 21 heavy (non-hydrogen) atoms. The van der Waals surface area contributed by atoms with Crippen molar-refractivity contribution in [3.63, 3.8) is 0 Å². The average Bonchev–Trinajstić information content (AvgIpc) is 2.44. The number of ether oxygens (including phenoxy) is 1. The highest BCUT2D eigenvalue weighted by Crippen LogP contribution is 2.24. The van der Waals surface area contributed by atoms with Crippen molar-refractivity contribution in [1.82, 2.24) is 0 Å². The molecule has 0 fully saturated rings. The van der Waals surface area contributed by atoms with Crippen LogP contribution >= 0.6 is 31.9 Å². The Morgan fingerprint density at radius 1 is 1.19 bits per heavy atom. The second kappa shape index (κ2) is 6.91. The predicted molar refractivity (Wildman–Crippen MR) is 85.1 cm³/mol. The van der Waals surface area contributed by atoms with E-state index < -0.39 is 0 Å². The molecule has 0 bridgehead atoms. The molecule has 0 saturated heterocycles. The zero-order valence-corrected chi connectivity index (χ0v) is 13.9. The highest BCUT2D eigenvalue weighted by atomic mass is 79.9. The first-order valence-electron chi connectivity index (χ1n) is 5.85. The van der Waals surface area contributed by atoms with Crippen LogP contribution in [0.4, 0.5) is 4.39 Å². The first-order chi connectivity index (χ1) is 9.99. The van der Waals surface area contributed by atoms with Gasteiger partial charge >= 0.3 is 0 Å². The molecule has 2 rings (SSSR count). The first kappa shape index (κ1) is 15.8. The van der Waals surface area contributed by atoms with Crippen molar-refractivity contribution >= 4 is 37.7 Å². The molecule has 0 aromatic heterocycles. The monoisotopic (exact) mass is 416 g/mol. The van der Waals surface area contributed by atoms with Crippen molar-refractivity contribution in [1.29, 1.82) is 0 Å². The number of oxime groups is 1. The predicted octanol–water partition coefficient (Wildman–Crippen LogP) is 4.02. The van der Waals surface area contributed by atoms with Crippen LogP contribution in [0.15, 0.2) is 50.5 Å². The van der Waals surface area contributed by atoms with Gasteiger partial charge in [-0.1, -0.05) is 37.0 Å². The van der Waals surface area contributed by atoms with Crippen molar-refractivity contribution in [3.8, 4) is 5.75 Å². The number of nitrogens with zero attached hydrogens (tertiary/aromatic N) is 1. The molecular weight excluding hydrogens is 407 g/mol. The fourth-order valence-electron chi connectivity index (χ4n) is 1.74. The van der Waals surface area contributed by atoms with E-state index in [4.69, 9.17) is 15.7 Å². The van der Waals surface area contributed by atoms with E-state index in [-0.39, 0.29) is 18.3 Å². The highest BCUT2D eigenvalue weighted by molar-refractivity contribution is 9.10. The summed E-state index contributed by atoms with van der Waals surface area (Å²) in [5.41, 5.74) is 6.72. The van der Waals surface area contributed by atoms with Gasteiger partial charge in [-0.3, -0.25) is 0 Å². The number of rotatable bonds is 4.